The fourth-order valence-corrected chi connectivity index (χ4v) is 3.79. The molecule has 0 radical (unpaired) electrons. The molecule has 1 unspecified atom stereocenters. The molecule has 0 amide bonds. The fraction of sp³-hybridized carbons (Fsp3) is 0.286. The molecule has 40 heavy (non-hydrogen) atoms. The number of phenolic OH excluding ortho intramolecular Hbond substituents is 1. The molecule has 3 rings (SSSR count). The van der Waals surface area contributed by atoms with Gasteiger partial charge in [0.1, 0.15) is 29.3 Å². The summed E-state index contributed by atoms with van der Waals surface area (Å²) in [7, 11) is 0. The summed E-state index contributed by atoms with van der Waals surface area (Å²) in [6.45, 7) is 5.59. The molecule has 0 aliphatic heterocycles. The number of hydrogen-bond acceptors (Lipinski definition) is 7. The molecule has 1 atom stereocenters. The first-order chi connectivity index (χ1) is 18.5. The second kappa shape index (κ2) is 11.2. The second-order valence-electron chi connectivity index (χ2n) is 9.90. The Morgan fingerprint density at radius 2 is 1.65 bits per heavy atom. The molecule has 0 saturated heterocycles. The monoisotopic (exact) mass is 561 g/mol. The molecule has 0 spiro atoms. The predicted molar refractivity (Wildman–Crippen MR) is 137 cm³/mol. The fourth-order valence-electron chi connectivity index (χ4n) is 3.79. The van der Waals surface area contributed by atoms with Crippen molar-refractivity contribution < 1.29 is 47.4 Å². The van der Waals surface area contributed by atoms with Crippen molar-refractivity contribution in [1.82, 2.24) is 0 Å². The van der Waals surface area contributed by atoms with Crippen LogP contribution in [0.5, 0.6) is 11.5 Å². The van der Waals surface area contributed by atoms with Gasteiger partial charge in [0.05, 0.1) is 22.0 Å². The Morgan fingerprint density at radius 3 is 2.17 bits per heavy atom. The summed E-state index contributed by atoms with van der Waals surface area (Å²) in [6.07, 6.45) is -4.91. The number of nitrogens with zero attached hydrogens (tertiary/aromatic N) is 1. The van der Waals surface area contributed by atoms with Crippen molar-refractivity contribution in [1.29, 1.82) is 0 Å². The largest absolute Gasteiger partial charge is 0.506 e. The van der Waals surface area contributed by atoms with Gasteiger partial charge in [-0.1, -0.05) is 24.3 Å². The normalized spacial score (nSPS) is 12.5. The number of halogens is 3. The number of carbonyl (C=O) groups is 2. The number of alkyl halides is 3. The van der Waals surface area contributed by atoms with E-state index in [2.05, 4.69) is 0 Å². The number of carboxylic acid groups (broad SMARTS) is 1. The molecule has 0 fully saturated rings. The van der Waals surface area contributed by atoms with E-state index in [9.17, 15) is 43.1 Å². The molecule has 0 aliphatic carbocycles. The third kappa shape index (κ3) is 6.87. The van der Waals surface area contributed by atoms with Gasteiger partial charge in [-0.3, -0.25) is 14.9 Å². The lowest BCUT2D eigenvalue weighted by molar-refractivity contribution is -0.384. The summed E-state index contributed by atoms with van der Waals surface area (Å²) in [4.78, 5) is 35.0. The van der Waals surface area contributed by atoms with Gasteiger partial charge in [0.25, 0.3) is 5.69 Å². The number of aromatic hydroxyl groups is 1. The lowest BCUT2D eigenvalue weighted by Gasteiger charge is -2.22. The highest BCUT2D eigenvalue weighted by atomic mass is 19.4. The van der Waals surface area contributed by atoms with Crippen LogP contribution >= 0.6 is 0 Å². The summed E-state index contributed by atoms with van der Waals surface area (Å²) < 4.78 is 50.9. The van der Waals surface area contributed by atoms with Crippen LogP contribution in [0.1, 0.15) is 60.7 Å². The molecule has 3 aromatic rings. The smallest absolute Gasteiger partial charge is 0.419 e. The highest BCUT2D eigenvalue weighted by Crippen LogP contribution is 2.40. The third-order valence-electron chi connectivity index (χ3n) is 5.82. The number of nitro groups is 1. The molecule has 12 heteroatoms. The quantitative estimate of drug-likeness (QED) is 0.176. The number of ether oxygens (including phenoxy) is 2. The summed E-state index contributed by atoms with van der Waals surface area (Å²) >= 11 is 0. The summed E-state index contributed by atoms with van der Waals surface area (Å²) in [6, 6.07) is 11.7. The van der Waals surface area contributed by atoms with Crippen LogP contribution in [0.25, 0.3) is 11.1 Å². The maximum atomic E-state index is 13.4. The van der Waals surface area contributed by atoms with Crippen molar-refractivity contribution in [2.24, 2.45) is 0 Å². The Balaban J connectivity index is 1.90. The topological polar surface area (TPSA) is 136 Å². The maximum Gasteiger partial charge on any atom is 0.419 e. The first-order valence-corrected chi connectivity index (χ1v) is 11.9. The van der Waals surface area contributed by atoms with Crippen LogP contribution in [0.2, 0.25) is 0 Å². The van der Waals surface area contributed by atoms with Crippen molar-refractivity contribution in [3.05, 3.63) is 87.0 Å². The second-order valence-corrected chi connectivity index (χ2v) is 9.90. The number of benzene rings is 3. The van der Waals surface area contributed by atoms with Gasteiger partial charge >= 0.3 is 18.1 Å². The number of carboxylic acids is 1. The van der Waals surface area contributed by atoms with Crippen LogP contribution in [0.4, 0.5) is 18.9 Å². The minimum absolute atomic E-state index is 0.0531. The van der Waals surface area contributed by atoms with E-state index in [4.69, 9.17) is 9.47 Å². The van der Waals surface area contributed by atoms with Crippen molar-refractivity contribution in [2.75, 3.05) is 0 Å². The molecule has 0 heterocycles. The van der Waals surface area contributed by atoms with Gasteiger partial charge in [0, 0.05) is 11.6 Å². The zero-order chi connectivity index (χ0) is 30.0. The SMILES string of the molecule is CC(C(=O)O)c1ccc(-c2ccc(OCc3ccc(C(F)(F)F)c(O)c3C(=O)OC(C)(C)C)cc2)c([N+](=O)[O-])c1. The average Bonchev–Trinajstić information content (AvgIpc) is 2.85. The average molecular weight is 562 g/mol. The van der Waals surface area contributed by atoms with Gasteiger partial charge in [0.2, 0.25) is 0 Å². The van der Waals surface area contributed by atoms with E-state index in [1.807, 2.05) is 0 Å². The van der Waals surface area contributed by atoms with Crippen molar-refractivity contribution >= 4 is 17.6 Å². The van der Waals surface area contributed by atoms with Gasteiger partial charge in [-0.25, -0.2) is 4.79 Å². The van der Waals surface area contributed by atoms with Gasteiger partial charge in [-0.2, -0.15) is 13.2 Å². The highest BCUT2D eigenvalue weighted by molar-refractivity contribution is 5.95. The maximum absolute atomic E-state index is 13.4. The van der Waals surface area contributed by atoms with Gasteiger partial charge < -0.3 is 19.7 Å². The number of aliphatic carboxylic acids is 1. The molecule has 3 aromatic carbocycles. The molecular weight excluding hydrogens is 535 g/mol. The molecule has 0 aliphatic rings. The van der Waals surface area contributed by atoms with E-state index in [1.54, 1.807) is 0 Å². The Morgan fingerprint density at radius 1 is 1.02 bits per heavy atom. The Bertz CT molecular complexity index is 1440. The minimum atomic E-state index is -4.91. The minimum Gasteiger partial charge on any atom is -0.506 e. The summed E-state index contributed by atoms with van der Waals surface area (Å²) in [5.41, 5.74) is -2.53. The van der Waals surface area contributed by atoms with Crippen LogP contribution in [-0.2, 0) is 22.3 Å². The molecule has 0 bridgehead atoms. The number of carbonyl (C=O) groups excluding carboxylic acids is 1. The van der Waals surface area contributed by atoms with Gasteiger partial charge in [-0.05, 0) is 63.1 Å². The molecule has 0 saturated carbocycles. The van der Waals surface area contributed by atoms with E-state index < -0.39 is 58.0 Å². The van der Waals surface area contributed by atoms with E-state index in [0.29, 0.717) is 11.6 Å². The van der Waals surface area contributed by atoms with Crippen LogP contribution < -0.4 is 4.74 Å². The first kappa shape index (κ1) is 29.9. The van der Waals surface area contributed by atoms with Crippen molar-refractivity contribution in [3.8, 4) is 22.6 Å². The molecular formula is C28H26F3NO8. The van der Waals surface area contributed by atoms with Crippen molar-refractivity contribution in [2.45, 2.75) is 52.0 Å². The number of rotatable bonds is 8. The number of phenols is 1. The van der Waals surface area contributed by atoms with E-state index in [1.165, 1.54) is 70.2 Å². The molecule has 0 aromatic heterocycles. The molecule has 2 N–H and O–H groups in total. The van der Waals surface area contributed by atoms with Crippen LogP contribution in [0.15, 0.2) is 54.6 Å². The highest BCUT2D eigenvalue weighted by Gasteiger charge is 2.37. The van der Waals surface area contributed by atoms with Crippen LogP contribution in [0, 0.1) is 10.1 Å². The number of nitro benzene ring substituents is 1. The van der Waals surface area contributed by atoms with Crippen LogP contribution in [-0.4, -0.2) is 32.7 Å². The van der Waals surface area contributed by atoms with E-state index in [-0.39, 0.29) is 28.1 Å². The molecule has 212 valence electrons. The molecule has 9 nitrogen and oxygen atoms in total. The zero-order valence-electron chi connectivity index (χ0n) is 21.9. The van der Waals surface area contributed by atoms with E-state index >= 15 is 0 Å². The summed E-state index contributed by atoms with van der Waals surface area (Å²) in [5, 5.41) is 31.2. The number of esters is 1. The zero-order valence-corrected chi connectivity index (χ0v) is 21.9. The van der Waals surface area contributed by atoms with Crippen molar-refractivity contribution in [3.63, 3.8) is 0 Å². The van der Waals surface area contributed by atoms with Crippen LogP contribution in [0.3, 0.4) is 0 Å². The Hall–Kier alpha value is -4.61. The van der Waals surface area contributed by atoms with Gasteiger partial charge in [0.15, 0.2) is 0 Å². The summed E-state index contributed by atoms with van der Waals surface area (Å²) in [5.74, 6) is -4.28. The first-order valence-electron chi connectivity index (χ1n) is 11.9. The lowest BCUT2D eigenvalue weighted by atomic mass is 9.96. The lowest BCUT2D eigenvalue weighted by Crippen LogP contribution is -2.25. The third-order valence-corrected chi connectivity index (χ3v) is 5.82. The van der Waals surface area contributed by atoms with Gasteiger partial charge in [-0.15, -0.1) is 0 Å². The van der Waals surface area contributed by atoms with E-state index in [0.717, 1.165) is 6.07 Å². The number of hydrogen-bond donors (Lipinski definition) is 2. The standard InChI is InChI=1S/C28H26F3NO8/c1-15(25(34)35)17-7-11-20(22(13-17)32(37)38)16-5-9-19(10-6-16)39-14-18-8-12-21(28(29,30)31)24(33)23(18)26(36)40-27(2,3)4/h5-13,15,33H,14H2,1-4H3,(H,34,35). The Labute approximate surface area is 226 Å². The Kier molecular flexibility index (Phi) is 8.42. The predicted octanol–water partition coefficient (Wildman–Crippen LogP) is 6.71.